The second-order valence-electron chi connectivity index (χ2n) is 5.80. The van der Waals surface area contributed by atoms with Crippen molar-refractivity contribution in [2.24, 2.45) is 0 Å². The number of hydrogen-bond acceptors (Lipinski definition) is 5. The highest BCUT2D eigenvalue weighted by Gasteiger charge is 2.22. The molecule has 1 atom stereocenters. The summed E-state index contributed by atoms with van der Waals surface area (Å²) in [6, 6.07) is 10.6. The molecule has 0 spiro atoms. The van der Waals surface area contributed by atoms with Crippen LogP contribution in [-0.4, -0.2) is 42.1 Å². The number of methoxy groups -OCH3 is 1. The molecule has 1 unspecified atom stereocenters. The molecule has 1 aromatic heterocycles. The van der Waals surface area contributed by atoms with Gasteiger partial charge < -0.3 is 14.8 Å². The molecule has 1 aliphatic rings. The molecule has 0 saturated carbocycles. The second kappa shape index (κ2) is 7.94. The van der Waals surface area contributed by atoms with E-state index in [4.69, 9.17) is 9.47 Å². The number of ether oxygens (including phenoxy) is 2. The fourth-order valence-corrected chi connectivity index (χ4v) is 2.71. The van der Waals surface area contributed by atoms with E-state index in [9.17, 15) is 9.59 Å². The molecular weight excluding hydrogens is 322 g/mol. The van der Waals surface area contributed by atoms with Gasteiger partial charge in [0.2, 0.25) is 5.91 Å². The maximum absolute atomic E-state index is 12.0. The summed E-state index contributed by atoms with van der Waals surface area (Å²) in [6.07, 6.45) is 1.29. The third-order valence-electron chi connectivity index (χ3n) is 4.10. The third kappa shape index (κ3) is 4.24. The van der Waals surface area contributed by atoms with E-state index in [1.54, 1.807) is 13.2 Å². The predicted octanol–water partition coefficient (Wildman–Crippen LogP) is 1.21. The molecule has 3 rings (SSSR count). The van der Waals surface area contributed by atoms with E-state index >= 15 is 0 Å². The van der Waals surface area contributed by atoms with Gasteiger partial charge in [0.15, 0.2) is 0 Å². The lowest BCUT2D eigenvalue weighted by Crippen LogP contribution is -2.37. The van der Waals surface area contributed by atoms with Gasteiger partial charge in [-0.05, 0) is 43.2 Å². The molecule has 25 heavy (non-hydrogen) atoms. The van der Waals surface area contributed by atoms with Crippen LogP contribution < -0.4 is 15.6 Å². The van der Waals surface area contributed by atoms with Crippen molar-refractivity contribution in [1.29, 1.82) is 0 Å². The lowest BCUT2D eigenvalue weighted by atomic mass is 10.1. The summed E-state index contributed by atoms with van der Waals surface area (Å²) in [7, 11) is 1.61. The summed E-state index contributed by atoms with van der Waals surface area (Å²) in [5.74, 6) is 0.630. The Hall–Kier alpha value is -2.67. The van der Waals surface area contributed by atoms with Gasteiger partial charge in [0.25, 0.3) is 5.56 Å². The van der Waals surface area contributed by atoms with Gasteiger partial charge in [-0.2, -0.15) is 5.10 Å². The SMILES string of the molecule is COc1ccc(-c2ccc(=O)n(CCNC(=O)C3CCCO3)n2)cc1. The molecule has 0 aliphatic carbocycles. The molecule has 0 bridgehead atoms. The van der Waals surface area contributed by atoms with Gasteiger partial charge in [-0.15, -0.1) is 0 Å². The first-order valence-electron chi connectivity index (χ1n) is 8.29. The van der Waals surface area contributed by atoms with Crippen LogP contribution in [0.25, 0.3) is 11.3 Å². The smallest absolute Gasteiger partial charge is 0.266 e. The molecule has 2 aromatic rings. The summed E-state index contributed by atoms with van der Waals surface area (Å²) in [5.41, 5.74) is 1.37. The second-order valence-corrected chi connectivity index (χ2v) is 5.80. The first-order chi connectivity index (χ1) is 12.2. The quantitative estimate of drug-likeness (QED) is 0.853. The fraction of sp³-hybridized carbons (Fsp3) is 0.389. The Balaban J connectivity index is 1.64. The highest BCUT2D eigenvalue weighted by molar-refractivity contribution is 5.80. The van der Waals surface area contributed by atoms with Crippen LogP contribution in [-0.2, 0) is 16.1 Å². The van der Waals surface area contributed by atoms with Gasteiger partial charge in [0, 0.05) is 24.8 Å². The largest absolute Gasteiger partial charge is 0.497 e. The fourth-order valence-electron chi connectivity index (χ4n) is 2.71. The van der Waals surface area contributed by atoms with Gasteiger partial charge in [-0.3, -0.25) is 9.59 Å². The van der Waals surface area contributed by atoms with E-state index in [2.05, 4.69) is 10.4 Å². The molecule has 1 amide bonds. The van der Waals surface area contributed by atoms with Crippen LogP contribution in [0.4, 0.5) is 0 Å². The van der Waals surface area contributed by atoms with Crippen molar-refractivity contribution < 1.29 is 14.3 Å². The summed E-state index contributed by atoms with van der Waals surface area (Å²) >= 11 is 0. The van der Waals surface area contributed by atoms with Crippen molar-refractivity contribution in [3.05, 3.63) is 46.8 Å². The average Bonchev–Trinajstić information content (AvgIpc) is 3.18. The zero-order valence-electron chi connectivity index (χ0n) is 14.1. The van der Waals surface area contributed by atoms with Gasteiger partial charge in [0.05, 0.1) is 19.3 Å². The predicted molar refractivity (Wildman–Crippen MR) is 92.5 cm³/mol. The number of carbonyl (C=O) groups excluding carboxylic acids is 1. The summed E-state index contributed by atoms with van der Waals surface area (Å²) in [6.45, 7) is 1.27. The Labute approximate surface area is 145 Å². The highest BCUT2D eigenvalue weighted by Crippen LogP contribution is 2.19. The molecule has 0 radical (unpaired) electrons. The first kappa shape index (κ1) is 17.2. The van der Waals surface area contributed by atoms with E-state index in [1.807, 2.05) is 24.3 Å². The zero-order valence-corrected chi connectivity index (χ0v) is 14.1. The molecule has 1 fully saturated rings. The molecular formula is C18H21N3O4. The lowest BCUT2D eigenvalue weighted by molar-refractivity contribution is -0.130. The van der Waals surface area contributed by atoms with Gasteiger partial charge in [-0.25, -0.2) is 4.68 Å². The third-order valence-corrected chi connectivity index (χ3v) is 4.10. The summed E-state index contributed by atoms with van der Waals surface area (Å²) in [5, 5.41) is 7.17. The lowest BCUT2D eigenvalue weighted by Gasteiger charge is -2.11. The van der Waals surface area contributed by atoms with E-state index < -0.39 is 0 Å². The number of amides is 1. The average molecular weight is 343 g/mol. The topological polar surface area (TPSA) is 82.5 Å². The molecule has 1 aromatic carbocycles. The first-order valence-corrected chi connectivity index (χ1v) is 8.29. The minimum Gasteiger partial charge on any atom is -0.497 e. The van der Waals surface area contributed by atoms with Crippen LogP contribution in [0.5, 0.6) is 5.75 Å². The van der Waals surface area contributed by atoms with E-state index in [-0.39, 0.29) is 17.6 Å². The van der Waals surface area contributed by atoms with Crippen molar-refractivity contribution in [3.63, 3.8) is 0 Å². The van der Waals surface area contributed by atoms with Gasteiger partial charge in [-0.1, -0.05) is 0 Å². The molecule has 7 nitrogen and oxygen atoms in total. The molecule has 1 saturated heterocycles. The van der Waals surface area contributed by atoms with Crippen molar-refractivity contribution in [3.8, 4) is 17.0 Å². The zero-order chi connectivity index (χ0) is 17.6. The Bertz CT molecular complexity index is 780. The van der Waals surface area contributed by atoms with Crippen LogP contribution in [0, 0.1) is 0 Å². The number of carbonyl (C=O) groups is 1. The number of aromatic nitrogens is 2. The molecule has 132 valence electrons. The summed E-state index contributed by atoms with van der Waals surface area (Å²) < 4.78 is 11.8. The number of rotatable bonds is 6. The van der Waals surface area contributed by atoms with Crippen molar-refractivity contribution >= 4 is 5.91 Å². The Morgan fingerprint density at radius 2 is 2.12 bits per heavy atom. The number of hydrogen-bond donors (Lipinski definition) is 1. The Morgan fingerprint density at radius 1 is 1.32 bits per heavy atom. The minimum atomic E-state index is -0.365. The number of nitrogens with one attached hydrogen (secondary N) is 1. The summed E-state index contributed by atoms with van der Waals surface area (Å²) in [4.78, 5) is 23.9. The van der Waals surface area contributed by atoms with Gasteiger partial charge in [0.1, 0.15) is 11.9 Å². The van der Waals surface area contributed by atoms with Crippen LogP contribution in [0.2, 0.25) is 0 Å². The van der Waals surface area contributed by atoms with E-state index in [1.165, 1.54) is 10.7 Å². The molecule has 2 heterocycles. The monoisotopic (exact) mass is 343 g/mol. The van der Waals surface area contributed by atoms with E-state index in [0.29, 0.717) is 25.4 Å². The molecule has 1 N–H and O–H groups in total. The van der Waals surface area contributed by atoms with Crippen molar-refractivity contribution in [1.82, 2.24) is 15.1 Å². The molecule has 1 aliphatic heterocycles. The Morgan fingerprint density at radius 3 is 2.80 bits per heavy atom. The Kier molecular flexibility index (Phi) is 5.45. The normalized spacial score (nSPS) is 16.6. The van der Waals surface area contributed by atoms with Gasteiger partial charge >= 0.3 is 0 Å². The van der Waals surface area contributed by atoms with Crippen molar-refractivity contribution in [2.75, 3.05) is 20.3 Å². The van der Waals surface area contributed by atoms with E-state index in [0.717, 1.165) is 24.2 Å². The number of nitrogens with zero attached hydrogens (tertiary/aromatic N) is 2. The highest BCUT2D eigenvalue weighted by atomic mass is 16.5. The molecule has 7 heteroatoms. The van der Waals surface area contributed by atoms with Crippen molar-refractivity contribution in [2.45, 2.75) is 25.5 Å². The van der Waals surface area contributed by atoms with Crippen LogP contribution in [0.3, 0.4) is 0 Å². The maximum atomic E-state index is 12.0. The van der Waals surface area contributed by atoms with Crippen LogP contribution in [0.15, 0.2) is 41.2 Å². The van der Waals surface area contributed by atoms with Crippen LogP contribution >= 0.6 is 0 Å². The minimum absolute atomic E-state index is 0.128. The van der Waals surface area contributed by atoms with Crippen LogP contribution in [0.1, 0.15) is 12.8 Å². The standard InChI is InChI=1S/C18H21N3O4/c1-24-14-6-4-13(5-7-14)15-8-9-17(22)21(20-15)11-10-19-18(23)16-3-2-12-25-16/h4-9,16H,2-3,10-12H2,1H3,(H,19,23). The number of benzene rings is 1. The maximum Gasteiger partial charge on any atom is 0.266 e.